The van der Waals surface area contributed by atoms with Crippen molar-refractivity contribution >= 4 is 22.0 Å². The summed E-state index contributed by atoms with van der Waals surface area (Å²) in [5.74, 6) is -0.218. The van der Waals surface area contributed by atoms with E-state index in [0.717, 1.165) is 11.0 Å². The van der Waals surface area contributed by atoms with Gasteiger partial charge in [0.25, 0.3) is 0 Å². The molecule has 0 unspecified atom stereocenters. The molecule has 1 aromatic carbocycles. The molecule has 0 aromatic heterocycles. The molecule has 0 atom stereocenters. The van der Waals surface area contributed by atoms with E-state index in [1.165, 1.54) is 6.07 Å². The number of halogens is 2. The van der Waals surface area contributed by atoms with Gasteiger partial charge >= 0.3 is 6.03 Å². The summed E-state index contributed by atoms with van der Waals surface area (Å²) in [6, 6.07) is 4.85. The Labute approximate surface area is 114 Å². The molecule has 2 N–H and O–H groups in total. The molecule has 18 heavy (non-hydrogen) atoms. The summed E-state index contributed by atoms with van der Waals surface area (Å²) < 4.78 is 14.3. The second-order valence-electron chi connectivity index (χ2n) is 4.13. The number of rotatable bonds is 5. The van der Waals surface area contributed by atoms with Gasteiger partial charge in [-0.2, -0.15) is 0 Å². The molecule has 1 aliphatic heterocycles. The third-order valence-electron chi connectivity index (χ3n) is 2.83. The normalized spacial score (nSPS) is 15.0. The van der Waals surface area contributed by atoms with Crippen LogP contribution in [0.1, 0.15) is 5.56 Å². The van der Waals surface area contributed by atoms with Crippen molar-refractivity contribution in [1.29, 1.82) is 0 Å². The maximum absolute atomic E-state index is 13.4. The predicted molar refractivity (Wildman–Crippen MR) is 70.8 cm³/mol. The van der Waals surface area contributed by atoms with E-state index in [1.54, 1.807) is 17.0 Å². The lowest BCUT2D eigenvalue weighted by Crippen LogP contribution is -2.34. The molecule has 0 bridgehead atoms. The number of carbonyl (C=O) groups is 1. The van der Waals surface area contributed by atoms with Gasteiger partial charge in [-0.15, -0.1) is 0 Å². The molecule has 0 saturated carbocycles. The van der Waals surface area contributed by atoms with Gasteiger partial charge in [-0.1, -0.05) is 15.9 Å². The minimum atomic E-state index is -0.218. The summed E-state index contributed by atoms with van der Waals surface area (Å²) in [6.07, 6.45) is 0. The highest BCUT2D eigenvalue weighted by atomic mass is 79.9. The third kappa shape index (κ3) is 3.43. The second-order valence-corrected chi connectivity index (χ2v) is 5.05. The van der Waals surface area contributed by atoms with Gasteiger partial charge in [0.1, 0.15) is 5.82 Å². The summed E-state index contributed by atoms with van der Waals surface area (Å²) in [6.45, 7) is 3.20. The molecular weight excluding hydrogens is 301 g/mol. The van der Waals surface area contributed by atoms with Crippen molar-refractivity contribution < 1.29 is 9.18 Å². The van der Waals surface area contributed by atoms with Crippen molar-refractivity contribution in [2.24, 2.45) is 0 Å². The van der Waals surface area contributed by atoms with Crippen LogP contribution in [0.15, 0.2) is 22.7 Å². The molecule has 0 spiro atoms. The van der Waals surface area contributed by atoms with Crippen LogP contribution < -0.4 is 10.6 Å². The average Bonchev–Trinajstić information content (AvgIpc) is 2.75. The van der Waals surface area contributed by atoms with E-state index in [0.29, 0.717) is 31.7 Å². The smallest absolute Gasteiger partial charge is 0.317 e. The molecule has 2 rings (SSSR count). The van der Waals surface area contributed by atoms with Crippen LogP contribution in [0.25, 0.3) is 0 Å². The minimum Gasteiger partial charge on any atom is -0.336 e. The van der Waals surface area contributed by atoms with Gasteiger partial charge in [0.15, 0.2) is 0 Å². The fourth-order valence-electron chi connectivity index (χ4n) is 1.84. The molecule has 4 nitrogen and oxygen atoms in total. The van der Waals surface area contributed by atoms with Crippen molar-refractivity contribution in [3.8, 4) is 0 Å². The molecule has 1 aliphatic rings. The Morgan fingerprint density at radius 1 is 1.50 bits per heavy atom. The van der Waals surface area contributed by atoms with Crippen LogP contribution >= 0.6 is 15.9 Å². The van der Waals surface area contributed by atoms with E-state index in [2.05, 4.69) is 26.6 Å². The highest BCUT2D eigenvalue weighted by molar-refractivity contribution is 9.10. The Morgan fingerprint density at radius 2 is 2.33 bits per heavy atom. The van der Waals surface area contributed by atoms with Crippen LogP contribution in [-0.2, 0) is 6.54 Å². The van der Waals surface area contributed by atoms with E-state index >= 15 is 0 Å². The molecule has 0 aliphatic carbocycles. The van der Waals surface area contributed by atoms with Crippen LogP contribution in [0.5, 0.6) is 0 Å². The lowest BCUT2D eigenvalue weighted by Gasteiger charge is -2.14. The molecule has 0 radical (unpaired) electrons. The third-order valence-corrected chi connectivity index (χ3v) is 3.32. The fourth-order valence-corrected chi connectivity index (χ4v) is 2.25. The Bertz CT molecular complexity index is 441. The van der Waals surface area contributed by atoms with Crippen LogP contribution in [0, 0.1) is 5.82 Å². The van der Waals surface area contributed by atoms with E-state index in [1.807, 2.05) is 0 Å². The second kappa shape index (κ2) is 6.15. The number of amides is 2. The van der Waals surface area contributed by atoms with Crippen molar-refractivity contribution in [3.63, 3.8) is 0 Å². The molecule has 1 aromatic rings. The number of hydrogen-bond donors (Lipinski definition) is 2. The SMILES string of the molecule is O=C1NCCN1CCNCc1cc(Br)ccc1F. The molecule has 98 valence electrons. The largest absolute Gasteiger partial charge is 0.336 e. The highest BCUT2D eigenvalue weighted by Gasteiger charge is 2.18. The highest BCUT2D eigenvalue weighted by Crippen LogP contribution is 2.15. The predicted octanol–water partition coefficient (Wildman–Crippen LogP) is 1.70. The van der Waals surface area contributed by atoms with Crippen molar-refractivity contribution in [2.45, 2.75) is 6.54 Å². The number of nitrogens with one attached hydrogen (secondary N) is 2. The first-order chi connectivity index (χ1) is 8.66. The average molecular weight is 316 g/mol. The van der Waals surface area contributed by atoms with Gasteiger partial charge in [0.05, 0.1) is 0 Å². The number of urea groups is 1. The zero-order valence-corrected chi connectivity index (χ0v) is 11.5. The maximum Gasteiger partial charge on any atom is 0.317 e. The van der Waals surface area contributed by atoms with Gasteiger partial charge in [0, 0.05) is 42.8 Å². The number of nitrogens with zero attached hydrogens (tertiary/aromatic N) is 1. The van der Waals surface area contributed by atoms with Crippen LogP contribution in [0.4, 0.5) is 9.18 Å². The lowest BCUT2D eigenvalue weighted by molar-refractivity contribution is 0.217. The molecule has 2 amide bonds. The first-order valence-electron chi connectivity index (χ1n) is 5.84. The zero-order chi connectivity index (χ0) is 13.0. The first kappa shape index (κ1) is 13.3. The first-order valence-corrected chi connectivity index (χ1v) is 6.63. The van der Waals surface area contributed by atoms with Crippen molar-refractivity contribution in [2.75, 3.05) is 26.2 Å². The summed E-state index contributed by atoms with van der Waals surface area (Å²) in [7, 11) is 0. The van der Waals surface area contributed by atoms with Crippen molar-refractivity contribution in [1.82, 2.24) is 15.5 Å². The standard InChI is InChI=1S/C12H15BrFN3O/c13-10-1-2-11(14)9(7-10)8-15-3-5-17-6-4-16-12(17)18/h1-2,7,15H,3-6,8H2,(H,16,18). The lowest BCUT2D eigenvalue weighted by atomic mass is 10.2. The molecular formula is C12H15BrFN3O. The Hall–Kier alpha value is -1.14. The Kier molecular flexibility index (Phi) is 4.54. The monoisotopic (exact) mass is 315 g/mol. The number of carbonyl (C=O) groups excluding carboxylic acids is 1. The van der Waals surface area contributed by atoms with Crippen LogP contribution in [-0.4, -0.2) is 37.1 Å². The summed E-state index contributed by atoms with van der Waals surface area (Å²) in [5, 5.41) is 5.87. The Morgan fingerprint density at radius 3 is 3.06 bits per heavy atom. The summed E-state index contributed by atoms with van der Waals surface area (Å²) >= 11 is 3.31. The topological polar surface area (TPSA) is 44.4 Å². The van der Waals surface area contributed by atoms with E-state index < -0.39 is 0 Å². The van der Waals surface area contributed by atoms with Gasteiger partial charge in [-0.05, 0) is 18.2 Å². The van der Waals surface area contributed by atoms with Crippen LogP contribution in [0.3, 0.4) is 0 Å². The maximum atomic E-state index is 13.4. The molecule has 1 saturated heterocycles. The quantitative estimate of drug-likeness (QED) is 0.812. The summed E-state index contributed by atoms with van der Waals surface area (Å²) in [4.78, 5) is 13.0. The van der Waals surface area contributed by atoms with E-state index in [4.69, 9.17) is 0 Å². The van der Waals surface area contributed by atoms with E-state index in [9.17, 15) is 9.18 Å². The fraction of sp³-hybridized carbons (Fsp3) is 0.417. The molecule has 1 fully saturated rings. The van der Waals surface area contributed by atoms with Gasteiger partial charge < -0.3 is 15.5 Å². The minimum absolute atomic E-state index is 0.0227. The molecule has 1 heterocycles. The van der Waals surface area contributed by atoms with Crippen LogP contribution in [0.2, 0.25) is 0 Å². The molecule has 6 heteroatoms. The van der Waals surface area contributed by atoms with Gasteiger partial charge in [-0.3, -0.25) is 0 Å². The van der Waals surface area contributed by atoms with Gasteiger partial charge in [-0.25, -0.2) is 9.18 Å². The number of benzene rings is 1. The number of hydrogen-bond acceptors (Lipinski definition) is 2. The summed E-state index contributed by atoms with van der Waals surface area (Å²) in [5.41, 5.74) is 0.621. The zero-order valence-electron chi connectivity index (χ0n) is 9.88. The van der Waals surface area contributed by atoms with E-state index in [-0.39, 0.29) is 11.8 Å². The van der Waals surface area contributed by atoms with Gasteiger partial charge in [0.2, 0.25) is 0 Å². The van der Waals surface area contributed by atoms with Crippen molar-refractivity contribution in [3.05, 3.63) is 34.1 Å². The Balaban J connectivity index is 1.75.